The Balaban J connectivity index is 2.20. The third-order valence-corrected chi connectivity index (χ3v) is 4.31. The van der Waals surface area contributed by atoms with Crippen molar-refractivity contribution < 1.29 is 5.11 Å². The van der Waals surface area contributed by atoms with Gasteiger partial charge in [0.25, 0.3) is 0 Å². The van der Waals surface area contributed by atoms with Gasteiger partial charge in [-0.25, -0.2) is 0 Å². The summed E-state index contributed by atoms with van der Waals surface area (Å²) in [5.74, 6) is 0. The molecule has 0 aliphatic heterocycles. The Labute approximate surface area is 118 Å². The normalized spacial score (nSPS) is 21.6. The molecular weight excluding hydrogens is 288 g/mol. The fraction of sp³-hybridized carbons (Fsp3) is 0.500. The minimum Gasteiger partial charge on any atom is -0.384 e. The first-order valence-corrected chi connectivity index (χ1v) is 7.61. The zero-order chi connectivity index (χ0) is 13.0. The number of aliphatic hydroxyl groups excluding tert-OH is 1. The number of allylic oxidation sites excluding steroid dienone is 1. The highest BCUT2D eigenvalue weighted by molar-refractivity contribution is 9.10. The van der Waals surface area contributed by atoms with E-state index in [2.05, 4.69) is 41.1 Å². The summed E-state index contributed by atoms with van der Waals surface area (Å²) in [7, 11) is 0. The van der Waals surface area contributed by atoms with Crippen LogP contribution in [0, 0.1) is 6.92 Å². The van der Waals surface area contributed by atoms with Crippen molar-refractivity contribution in [3.63, 3.8) is 0 Å². The minimum atomic E-state index is -0.446. The van der Waals surface area contributed by atoms with Crippen molar-refractivity contribution in [2.75, 3.05) is 0 Å². The van der Waals surface area contributed by atoms with Gasteiger partial charge in [-0.3, -0.25) is 0 Å². The van der Waals surface area contributed by atoms with Crippen LogP contribution in [0.15, 0.2) is 34.3 Å². The van der Waals surface area contributed by atoms with Gasteiger partial charge in [0, 0.05) is 4.47 Å². The summed E-state index contributed by atoms with van der Waals surface area (Å²) in [6, 6.07) is 6.17. The molecule has 1 N–H and O–H groups in total. The molecule has 1 aromatic carbocycles. The highest BCUT2D eigenvalue weighted by atomic mass is 79.9. The number of aliphatic hydroxyl groups is 1. The molecule has 0 bridgehead atoms. The van der Waals surface area contributed by atoms with E-state index in [1.165, 1.54) is 36.8 Å². The van der Waals surface area contributed by atoms with Crippen LogP contribution in [0.25, 0.3) is 0 Å². The van der Waals surface area contributed by atoms with Gasteiger partial charge < -0.3 is 5.11 Å². The third kappa shape index (κ3) is 3.46. The lowest BCUT2D eigenvalue weighted by atomic mass is 9.92. The van der Waals surface area contributed by atoms with E-state index in [4.69, 9.17) is 0 Å². The second kappa shape index (κ2) is 6.53. The summed E-state index contributed by atoms with van der Waals surface area (Å²) in [4.78, 5) is 0. The molecule has 0 fully saturated rings. The molecule has 1 aromatic rings. The molecule has 0 heterocycles. The predicted molar refractivity (Wildman–Crippen MR) is 79.6 cm³/mol. The second-order valence-electron chi connectivity index (χ2n) is 5.16. The summed E-state index contributed by atoms with van der Waals surface area (Å²) >= 11 is 3.56. The number of benzene rings is 1. The van der Waals surface area contributed by atoms with Crippen LogP contribution in [0.5, 0.6) is 0 Å². The molecule has 1 aliphatic rings. The van der Waals surface area contributed by atoms with Gasteiger partial charge in [0.2, 0.25) is 0 Å². The first kappa shape index (κ1) is 13.8. The van der Waals surface area contributed by atoms with Crippen molar-refractivity contribution in [2.45, 2.75) is 51.6 Å². The quantitative estimate of drug-likeness (QED) is 0.756. The lowest BCUT2D eigenvalue weighted by molar-refractivity contribution is 0.208. The third-order valence-electron chi connectivity index (χ3n) is 3.63. The van der Waals surface area contributed by atoms with Crippen LogP contribution in [0.1, 0.15) is 55.8 Å². The standard InChI is InChI=1S/C16H21BrO/c1-12-9-10-14(15(17)11-12)16(18)13-7-5-3-2-4-6-8-13/h7,9-11,16,18H,2-6,8H2,1H3/b13-7+. The smallest absolute Gasteiger partial charge is 0.101 e. The van der Waals surface area contributed by atoms with Gasteiger partial charge in [0.1, 0.15) is 6.10 Å². The zero-order valence-corrected chi connectivity index (χ0v) is 12.5. The van der Waals surface area contributed by atoms with Crippen molar-refractivity contribution in [1.82, 2.24) is 0 Å². The highest BCUT2D eigenvalue weighted by Crippen LogP contribution is 2.33. The summed E-state index contributed by atoms with van der Waals surface area (Å²) in [5, 5.41) is 10.5. The number of aryl methyl sites for hydroxylation is 1. The topological polar surface area (TPSA) is 20.2 Å². The van der Waals surface area contributed by atoms with Gasteiger partial charge in [-0.1, -0.05) is 47.0 Å². The molecule has 0 spiro atoms. The molecule has 1 nitrogen and oxygen atoms in total. The first-order valence-electron chi connectivity index (χ1n) is 6.81. The van der Waals surface area contributed by atoms with E-state index in [0.29, 0.717) is 0 Å². The van der Waals surface area contributed by atoms with Crippen LogP contribution in [0.2, 0.25) is 0 Å². The van der Waals surface area contributed by atoms with Gasteiger partial charge in [-0.2, -0.15) is 0 Å². The fourth-order valence-corrected chi connectivity index (χ4v) is 3.23. The van der Waals surface area contributed by atoms with Crippen LogP contribution in [-0.4, -0.2) is 5.11 Å². The van der Waals surface area contributed by atoms with Crippen LogP contribution >= 0.6 is 15.9 Å². The van der Waals surface area contributed by atoms with E-state index in [1.54, 1.807) is 0 Å². The molecule has 0 radical (unpaired) electrons. The van der Waals surface area contributed by atoms with E-state index in [0.717, 1.165) is 22.9 Å². The van der Waals surface area contributed by atoms with E-state index < -0.39 is 6.10 Å². The Morgan fingerprint density at radius 3 is 2.72 bits per heavy atom. The molecule has 2 rings (SSSR count). The average Bonchev–Trinajstić information content (AvgIpc) is 2.27. The zero-order valence-electron chi connectivity index (χ0n) is 11.0. The van der Waals surface area contributed by atoms with Gasteiger partial charge >= 0.3 is 0 Å². The Kier molecular flexibility index (Phi) is 5.02. The van der Waals surface area contributed by atoms with E-state index in [9.17, 15) is 5.11 Å². The van der Waals surface area contributed by atoms with Gasteiger partial charge in [-0.05, 0) is 55.4 Å². The largest absolute Gasteiger partial charge is 0.384 e. The molecule has 0 amide bonds. The number of halogens is 1. The number of hydrogen-bond donors (Lipinski definition) is 1. The average molecular weight is 309 g/mol. The van der Waals surface area contributed by atoms with Gasteiger partial charge in [0.05, 0.1) is 0 Å². The molecule has 2 heteroatoms. The van der Waals surface area contributed by atoms with Crippen molar-refractivity contribution in [2.24, 2.45) is 0 Å². The Morgan fingerprint density at radius 1 is 1.17 bits per heavy atom. The molecule has 1 aliphatic carbocycles. The summed E-state index contributed by atoms with van der Waals surface area (Å²) in [6.07, 6.45) is 9.01. The lowest BCUT2D eigenvalue weighted by Gasteiger charge is -2.19. The minimum absolute atomic E-state index is 0.446. The van der Waals surface area contributed by atoms with Crippen molar-refractivity contribution in [1.29, 1.82) is 0 Å². The van der Waals surface area contributed by atoms with Gasteiger partial charge in [0.15, 0.2) is 0 Å². The summed E-state index contributed by atoms with van der Waals surface area (Å²) in [5.41, 5.74) is 3.40. The maximum atomic E-state index is 10.5. The molecule has 1 unspecified atom stereocenters. The van der Waals surface area contributed by atoms with Crippen molar-refractivity contribution >= 4 is 15.9 Å². The first-order chi connectivity index (χ1) is 8.68. The summed E-state index contributed by atoms with van der Waals surface area (Å²) in [6.45, 7) is 2.07. The van der Waals surface area contributed by atoms with Crippen LogP contribution < -0.4 is 0 Å². The molecule has 0 saturated carbocycles. The molecule has 98 valence electrons. The van der Waals surface area contributed by atoms with Crippen molar-refractivity contribution in [3.8, 4) is 0 Å². The second-order valence-corrected chi connectivity index (χ2v) is 6.01. The molecule has 1 atom stereocenters. The van der Waals surface area contributed by atoms with Crippen molar-refractivity contribution in [3.05, 3.63) is 45.4 Å². The molecule has 0 aromatic heterocycles. The van der Waals surface area contributed by atoms with E-state index >= 15 is 0 Å². The van der Waals surface area contributed by atoms with Crippen LogP contribution in [0.4, 0.5) is 0 Å². The number of hydrogen-bond acceptors (Lipinski definition) is 1. The molecular formula is C16H21BrO. The number of rotatable bonds is 2. The Morgan fingerprint density at radius 2 is 1.94 bits per heavy atom. The Bertz CT molecular complexity index is 437. The molecule has 18 heavy (non-hydrogen) atoms. The monoisotopic (exact) mass is 308 g/mol. The SMILES string of the molecule is Cc1ccc(C(O)/C2=C/CCCCCC2)c(Br)c1. The van der Waals surface area contributed by atoms with Gasteiger partial charge in [-0.15, -0.1) is 0 Å². The lowest BCUT2D eigenvalue weighted by Crippen LogP contribution is -2.04. The maximum absolute atomic E-state index is 10.5. The highest BCUT2D eigenvalue weighted by Gasteiger charge is 2.16. The van der Waals surface area contributed by atoms with E-state index in [1.807, 2.05) is 6.07 Å². The Hall–Kier alpha value is -0.600. The van der Waals surface area contributed by atoms with Crippen LogP contribution in [-0.2, 0) is 0 Å². The van der Waals surface area contributed by atoms with Crippen LogP contribution in [0.3, 0.4) is 0 Å². The predicted octanol–water partition coefficient (Wildman–Crippen LogP) is 5.07. The fourth-order valence-electron chi connectivity index (χ4n) is 2.52. The molecule has 0 saturated heterocycles. The van der Waals surface area contributed by atoms with E-state index in [-0.39, 0.29) is 0 Å². The summed E-state index contributed by atoms with van der Waals surface area (Å²) < 4.78 is 1.01. The maximum Gasteiger partial charge on any atom is 0.101 e.